The summed E-state index contributed by atoms with van der Waals surface area (Å²) in [6.45, 7) is 4.39. The number of rotatable bonds is 3. The lowest BCUT2D eigenvalue weighted by Crippen LogP contribution is -2.35. The van der Waals surface area contributed by atoms with Gasteiger partial charge in [-0.05, 0) is 31.6 Å². The van der Waals surface area contributed by atoms with Crippen molar-refractivity contribution in [2.24, 2.45) is 16.3 Å². The third kappa shape index (κ3) is 1.12. The molecular weight excluding hydrogens is 146 g/mol. The Hall–Kier alpha value is -0.590. The highest BCUT2D eigenvalue weighted by Gasteiger charge is 2.51. The lowest BCUT2D eigenvalue weighted by Gasteiger charge is -2.32. The van der Waals surface area contributed by atoms with Gasteiger partial charge in [-0.3, -0.25) is 4.99 Å². The topological polar surface area (TPSA) is 12.4 Å². The van der Waals surface area contributed by atoms with Crippen LogP contribution in [-0.4, -0.2) is 12.3 Å². The molecule has 2 aliphatic rings. The summed E-state index contributed by atoms with van der Waals surface area (Å²) >= 11 is 0. The van der Waals surface area contributed by atoms with Crippen LogP contribution in [-0.2, 0) is 0 Å². The second-order valence-electron chi connectivity index (χ2n) is 4.24. The van der Waals surface area contributed by atoms with Crippen LogP contribution in [0.4, 0.5) is 0 Å². The quantitative estimate of drug-likeness (QED) is 0.567. The molecule has 66 valence electrons. The SMILES string of the molecule is C/C=C/CC1(C2N=CC2C)CC1. The van der Waals surface area contributed by atoms with E-state index in [1.54, 1.807) is 0 Å². The molecule has 12 heavy (non-hydrogen) atoms. The Morgan fingerprint density at radius 3 is 2.67 bits per heavy atom. The lowest BCUT2D eigenvalue weighted by molar-refractivity contribution is 0.333. The van der Waals surface area contributed by atoms with E-state index in [4.69, 9.17) is 0 Å². The smallest absolute Gasteiger partial charge is 0.0629 e. The Labute approximate surface area is 74.6 Å². The van der Waals surface area contributed by atoms with E-state index in [0.29, 0.717) is 11.5 Å². The molecule has 1 aliphatic carbocycles. The molecule has 0 bridgehead atoms. The summed E-state index contributed by atoms with van der Waals surface area (Å²) in [6.07, 6.45) is 10.6. The van der Waals surface area contributed by atoms with Gasteiger partial charge in [0.05, 0.1) is 6.04 Å². The highest BCUT2D eigenvalue weighted by molar-refractivity contribution is 5.68. The van der Waals surface area contributed by atoms with Crippen LogP contribution in [0, 0.1) is 11.3 Å². The first-order valence-corrected chi connectivity index (χ1v) is 4.93. The summed E-state index contributed by atoms with van der Waals surface area (Å²) in [5, 5.41) is 0. The molecule has 1 aliphatic heterocycles. The van der Waals surface area contributed by atoms with Crippen molar-refractivity contribution in [2.75, 3.05) is 0 Å². The fourth-order valence-corrected chi connectivity index (χ4v) is 2.19. The Balaban J connectivity index is 1.98. The van der Waals surface area contributed by atoms with Crippen LogP contribution in [0.5, 0.6) is 0 Å². The fraction of sp³-hybridized carbons (Fsp3) is 0.727. The highest BCUT2D eigenvalue weighted by Crippen LogP contribution is 2.56. The van der Waals surface area contributed by atoms with E-state index in [1.807, 2.05) is 0 Å². The minimum Gasteiger partial charge on any atom is -0.293 e. The van der Waals surface area contributed by atoms with Crippen molar-refractivity contribution in [3.05, 3.63) is 12.2 Å². The minimum atomic E-state index is 0.584. The van der Waals surface area contributed by atoms with Crippen LogP contribution in [0.15, 0.2) is 17.1 Å². The highest BCUT2D eigenvalue weighted by atomic mass is 14.9. The van der Waals surface area contributed by atoms with Crippen LogP contribution in [0.3, 0.4) is 0 Å². The van der Waals surface area contributed by atoms with E-state index in [9.17, 15) is 0 Å². The molecule has 2 atom stereocenters. The van der Waals surface area contributed by atoms with E-state index < -0.39 is 0 Å². The summed E-state index contributed by atoms with van der Waals surface area (Å²) in [7, 11) is 0. The maximum Gasteiger partial charge on any atom is 0.0629 e. The Morgan fingerprint density at radius 2 is 2.33 bits per heavy atom. The monoisotopic (exact) mass is 163 g/mol. The van der Waals surface area contributed by atoms with Crippen molar-refractivity contribution in [1.82, 2.24) is 0 Å². The van der Waals surface area contributed by atoms with Crippen molar-refractivity contribution in [3.63, 3.8) is 0 Å². The van der Waals surface area contributed by atoms with E-state index in [1.165, 1.54) is 19.3 Å². The molecule has 1 heterocycles. The van der Waals surface area contributed by atoms with Crippen LogP contribution in [0.1, 0.15) is 33.1 Å². The third-order valence-electron chi connectivity index (χ3n) is 3.26. The van der Waals surface area contributed by atoms with Gasteiger partial charge in [0.15, 0.2) is 0 Å². The van der Waals surface area contributed by atoms with E-state index in [0.717, 1.165) is 5.92 Å². The summed E-state index contributed by atoms with van der Waals surface area (Å²) in [5.41, 5.74) is 0.584. The van der Waals surface area contributed by atoms with Gasteiger partial charge in [0, 0.05) is 12.1 Å². The summed E-state index contributed by atoms with van der Waals surface area (Å²) in [4.78, 5) is 4.48. The molecule has 0 amide bonds. The normalized spacial score (nSPS) is 36.8. The van der Waals surface area contributed by atoms with Gasteiger partial charge in [0.1, 0.15) is 0 Å². The van der Waals surface area contributed by atoms with Gasteiger partial charge >= 0.3 is 0 Å². The largest absolute Gasteiger partial charge is 0.293 e. The maximum atomic E-state index is 4.48. The molecule has 0 spiro atoms. The molecule has 0 aromatic rings. The number of aliphatic imine (C=N–C) groups is 1. The number of allylic oxidation sites excluding steroid dienone is 2. The molecule has 0 aromatic carbocycles. The minimum absolute atomic E-state index is 0.584. The maximum absolute atomic E-state index is 4.48. The van der Waals surface area contributed by atoms with E-state index >= 15 is 0 Å². The lowest BCUT2D eigenvalue weighted by atomic mass is 9.81. The van der Waals surface area contributed by atoms with Gasteiger partial charge < -0.3 is 0 Å². The molecule has 1 saturated carbocycles. The van der Waals surface area contributed by atoms with Crippen LogP contribution >= 0.6 is 0 Å². The number of hydrogen-bond acceptors (Lipinski definition) is 1. The second kappa shape index (κ2) is 2.72. The van der Waals surface area contributed by atoms with Crippen LogP contribution in [0.25, 0.3) is 0 Å². The van der Waals surface area contributed by atoms with E-state index in [2.05, 4.69) is 37.2 Å². The van der Waals surface area contributed by atoms with Gasteiger partial charge in [-0.1, -0.05) is 19.1 Å². The molecule has 0 saturated heterocycles. The predicted molar refractivity (Wildman–Crippen MR) is 52.5 cm³/mol. The van der Waals surface area contributed by atoms with Crippen LogP contribution in [0.2, 0.25) is 0 Å². The zero-order valence-electron chi connectivity index (χ0n) is 7.96. The zero-order chi connectivity index (χ0) is 8.60. The van der Waals surface area contributed by atoms with Crippen molar-refractivity contribution >= 4 is 6.21 Å². The molecular formula is C11H17N. The van der Waals surface area contributed by atoms with Gasteiger partial charge in [-0.2, -0.15) is 0 Å². The first-order chi connectivity index (χ1) is 5.78. The Morgan fingerprint density at radius 1 is 1.58 bits per heavy atom. The Kier molecular flexibility index (Phi) is 1.82. The van der Waals surface area contributed by atoms with Crippen LogP contribution < -0.4 is 0 Å². The van der Waals surface area contributed by atoms with Crippen molar-refractivity contribution in [3.8, 4) is 0 Å². The van der Waals surface area contributed by atoms with Gasteiger partial charge in [0.25, 0.3) is 0 Å². The summed E-state index contributed by atoms with van der Waals surface area (Å²) in [5.74, 6) is 0.734. The molecule has 0 N–H and O–H groups in total. The molecule has 2 rings (SSSR count). The van der Waals surface area contributed by atoms with Gasteiger partial charge in [0.2, 0.25) is 0 Å². The zero-order valence-corrected chi connectivity index (χ0v) is 7.96. The fourth-order valence-electron chi connectivity index (χ4n) is 2.19. The van der Waals surface area contributed by atoms with Crippen molar-refractivity contribution in [1.29, 1.82) is 0 Å². The summed E-state index contributed by atoms with van der Waals surface area (Å²) < 4.78 is 0. The standard InChI is InChI=1S/C11H17N/c1-3-4-5-11(6-7-11)10-9(2)8-12-10/h3-4,8-10H,5-7H2,1-2H3/b4-3+. The third-order valence-corrected chi connectivity index (χ3v) is 3.26. The molecule has 0 aromatic heterocycles. The number of hydrogen-bond donors (Lipinski definition) is 0. The van der Waals surface area contributed by atoms with Crippen molar-refractivity contribution in [2.45, 2.75) is 39.2 Å². The first-order valence-electron chi connectivity index (χ1n) is 4.93. The Bertz CT molecular complexity index is 223. The average molecular weight is 163 g/mol. The summed E-state index contributed by atoms with van der Waals surface area (Å²) in [6, 6.07) is 0.647. The van der Waals surface area contributed by atoms with Gasteiger partial charge in [-0.25, -0.2) is 0 Å². The molecule has 1 heteroatoms. The number of nitrogens with zero attached hydrogens (tertiary/aromatic N) is 1. The van der Waals surface area contributed by atoms with Gasteiger partial charge in [-0.15, -0.1) is 0 Å². The predicted octanol–water partition coefficient (Wildman–Crippen LogP) is 2.82. The average Bonchev–Trinajstić information content (AvgIpc) is 2.80. The second-order valence-corrected chi connectivity index (χ2v) is 4.24. The molecule has 1 fully saturated rings. The molecule has 1 nitrogen and oxygen atoms in total. The van der Waals surface area contributed by atoms with Crippen molar-refractivity contribution < 1.29 is 0 Å². The van der Waals surface area contributed by atoms with E-state index in [-0.39, 0.29) is 0 Å². The molecule has 0 radical (unpaired) electrons. The molecule has 2 unspecified atom stereocenters. The first kappa shape index (κ1) is 8.03.